The molecule has 2 heterocycles. The lowest BCUT2D eigenvalue weighted by molar-refractivity contribution is -0.121. The lowest BCUT2D eigenvalue weighted by Gasteiger charge is -2.07. The number of fused-ring (bicyclic) bond motifs is 3. The Labute approximate surface area is 153 Å². The Hall–Kier alpha value is -3.48. The maximum atomic E-state index is 13.5. The molecule has 27 heavy (non-hydrogen) atoms. The molecule has 2 aromatic carbocycles. The first kappa shape index (κ1) is 17.0. The van der Waals surface area contributed by atoms with Gasteiger partial charge in [0, 0.05) is 30.4 Å². The highest BCUT2D eigenvalue weighted by molar-refractivity contribution is 6.04. The maximum absolute atomic E-state index is 13.5. The number of hydrogen-bond donors (Lipinski definition) is 2. The molecule has 0 bridgehead atoms. The summed E-state index contributed by atoms with van der Waals surface area (Å²) in [7, 11) is 0. The molecule has 2 N–H and O–H groups in total. The summed E-state index contributed by atoms with van der Waals surface area (Å²) in [6, 6.07) is 13.9. The smallest absolute Gasteiger partial charge is 0.277 e. The van der Waals surface area contributed by atoms with Crippen molar-refractivity contribution in [3.05, 3.63) is 76.6 Å². The molecule has 0 saturated heterocycles. The van der Waals surface area contributed by atoms with Crippen LogP contribution >= 0.6 is 0 Å². The van der Waals surface area contributed by atoms with E-state index in [1.807, 2.05) is 30.3 Å². The monoisotopic (exact) mass is 364 g/mol. The number of nitrogens with zero attached hydrogens (tertiary/aromatic N) is 2. The van der Waals surface area contributed by atoms with Gasteiger partial charge >= 0.3 is 0 Å². The van der Waals surface area contributed by atoms with Crippen LogP contribution in [0.4, 0.5) is 4.39 Å². The first-order chi connectivity index (χ1) is 13.1. The van der Waals surface area contributed by atoms with Crippen LogP contribution in [0.1, 0.15) is 12.0 Å². The highest BCUT2D eigenvalue weighted by Gasteiger charge is 2.12. The minimum atomic E-state index is -0.385. The van der Waals surface area contributed by atoms with Gasteiger partial charge < -0.3 is 10.3 Å². The van der Waals surface area contributed by atoms with Crippen molar-refractivity contribution in [2.75, 3.05) is 0 Å². The minimum Gasteiger partial charge on any atom is -0.352 e. The Balaban J connectivity index is 1.49. The third kappa shape index (κ3) is 3.44. The molecule has 2 aromatic heterocycles. The maximum Gasteiger partial charge on any atom is 0.277 e. The van der Waals surface area contributed by atoms with Crippen molar-refractivity contribution < 1.29 is 9.18 Å². The second-order valence-corrected chi connectivity index (χ2v) is 6.29. The van der Waals surface area contributed by atoms with Crippen molar-refractivity contribution in [2.24, 2.45) is 0 Å². The van der Waals surface area contributed by atoms with Gasteiger partial charge in [-0.25, -0.2) is 9.37 Å². The number of hydrogen-bond acceptors (Lipinski definition) is 3. The molecule has 0 aliphatic heterocycles. The predicted octanol–water partition coefficient (Wildman–Crippen LogP) is 2.72. The molecule has 0 unspecified atom stereocenters. The fourth-order valence-electron chi connectivity index (χ4n) is 3.03. The van der Waals surface area contributed by atoms with Crippen LogP contribution in [0.15, 0.2) is 59.7 Å². The first-order valence-electron chi connectivity index (χ1n) is 8.59. The van der Waals surface area contributed by atoms with Gasteiger partial charge in [-0.15, -0.1) is 0 Å². The number of nitrogens with one attached hydrogen (secondary N) is 2. The van der Waals surface area contributed by atoms with Crippen LogP contribution in [0.25, 0.3) is 21.9 Å². The van der Waals surface area contributed by atoms with E-state index >= 15 is 0 Å². The topological polar surface area (TPSA) is 79.8 Å². The molecule has 0 aliphatic carbocycles. The average Bonchev–Trinajstić information content (AvgIpc) is 3.05. The number of H-pyrrole nitrogens is 1. The molecular formula is C20H17FN4O2. The Morgan fingerprint density at radius 3 is 2.81 bits per heavy atom. The molecule has 0 spiro atoms. The van der Waals surface area contributed by atoms with Gasteiger partial charge in [0.05, 0.1) is 6.33 Å². The van der Waals surface area contributed by atoms with Crippen LogP contribution in [-0.4, -0.2) is 20.4 Å². The number of aromatic amines is 1. The van der Waals surface area contributed by atoms with Crippen LogP contribution in [0.2, 0.25) is 0 Å². The third-order valence-electron chi connectivity index (χ3n) is 4.45. The summed E-state index contributed by atoms with van der Waals surface area (Å²) in [4.78, 5) is 31.9. The van der Waals surface area contributed by atoms with E-state index in [0.717, 1.165) is 5.56 Å². The van der Waals surface area contributed by atoms with Crippen molar-refractivity contribution in [3.8, 4) is 0 Å². The van der Waals surface area contributed by atoms with Crippen molar-refractivity contribution >= 4 is 27.8 Å². The molecule has 0 atom stereocenters. The summed E-state index contributed by atoms with van der Waals surface area (Å²) in [5.74, 6) is -0.533. The number of carbonyl (C=O) groups is 1. The summed E-state index contributed by atoms with van der Waals surface area (Å²) in [6.45, 7) is 0.658. The Morgan fingerprint density at radius 1 is 1.19 bits per heavy atom. The van der Waals surface area contributed by atoms with E-state index < -0.39 is 0 Å². The van der Waals surface area contributed by atoms with Gasteiger partial charge in [0.2, 0.25) is 5.91 Å². The number of benzene rings is 2. The van der Waals surface area contributed by atoms with E-state index in [9.17, 15) is 14.0 Å². The van der Waals surface area contributed by atoms with Crippen LogP contribution in [-0.2, 0) is 17.9 Å². The quantitative estimate of drug-likeness (QED) is 0.571. The largest absolute Gasteiger partial charge is 0.352 e. The van der Waals surface area contributed by atoms with Crippen molar-refractivity contribution in [1.82, 2.24) is 19.9 Å². The summed E-state index contributed by atoms with van der Waals surface area (Å²) >= 11 is 0. The second-order valence-electron chi connectivity index (χ2n) is 6.29. The van der Waals surface area contributed by atoms with Gasteiger partial charge in [0.15, 0.2) is 0 Å². The van der Waals surface area contributed by atoms with E-state index in [4.69, 9.17) is 0 Å². The molecule has 0 saturated carbocycles. The Kier molecular flexibility index (Phi) is 4.42. The van der Waals surface area contributed by atoms with Crippen LogP contribution in [0.5, 0.6) is 0 Å². The van der Waals surface area contributed by atoms with Gasteiger partial charge in [-0.3, -0.25) is 14.2 Å². The fraction of sp³-hybridized carbons (Fsp3) is 0.150. The number of aryl methyl sites for hydroxylation is 1. The van der Waals surface area contributed by atoms with E-state index in [1.54, 1.807) is 6.07 Å². The molecule has 4 rings (SSSR count). The van der Waals surface area contributed by atoms with Crippen molar-refractivity contribution in [3.63, 3.8) is 0 Å². The van der Waals surface area contributed by atoms with E-state index in [-0.39, 0.29) is 30.2 Å². The summed E-state index contributed by atoms with van der Waals surface area (Å²) in [5.41, 5.74) is 2.11. The lowest BCUT2D eigenvalue weighted by Crippen LogP contribution is -2.27. The van der Waals surface area contributed by atoms with Gasteiger partial charge in [-0.1, -0.05) is 30.3 Å². The fourth-order valence-corrected chi connectivity index (χ4v) is 3.03. The number of amides is 1. The molecule has 0 aliphatic rings. The van der Waals surface area contributed by atoms with Crippen molar-refractivity contribution in [2.45, 2.75) is 19.5 Å². The first-order valence-corrected chi connectivity index (χ1v) is 8.59. The van der Waals surface area contributed by atoms with Gasteiger partial charge in [-0.2, -0.15) is 0 Å². The van der Waals surface area contributed by atoms with E-state index in [2.05, 4.69) is 15.3 Å². The molecule has 0 radical (unpaired) electrons. The van der Waals surface area contributed by atoms with Gasteiger partial charge in [-0.05, 0) is 23.8 Å². The zero-order valence-electron chi connectivity index (χ0n) is 14.4. The molecule has 7 heteroatoms. The average molecular weight is 364 g/mol. The predicted molar refractivity (Wildman–Crippen MR) is 101 cm³/mol. The zero-order chi connectivity index (χ0) is 18.8. The molecule has 6 nitrogen and oxygen atoms in total. The molecule has 136 valence electrons. The standard InChI is InChI=1S/C20H17FN4O2/c21-14-6-7-16-15(10-14)18-19(24-16)20(27)25(12-23-18)9-8-17(26)22-11-13-4-2-1-3-5-13/h1-7,10,12,24H,8-9,11H2,(H,22,26). The van der Waals surface area contributed by atoms with E-state index in [1.165, 1.54) is 23.0 Å². The van der Waals surface area contributed by atoms with Gasteiger partial charge in [0.1, 0.15) is 16.9 Å². The summed E-state index contributed by atoms with van der Waals surface area (Å²) < 4.78 is 14.8. The Morgan fingerprint density at radius 2 is 2.00 bits per heavy atom. The Bertz CT molecular complexity index is 1180. The molecule has 0 fully saturated rings. The number of carbonyl (C=O) groups excluding carboxylic acids is 1. The summed E-state index contributed by atoms with van der Waals surface area (Å²) in [5, 5.41) is 3.39. The lowest BCUT2D eigenvalue weighted by atomic mass is 10.2. The normalized spacial score (nSPS) is 11.1. The van der Waals surface area contributed by atoms with Gasteiger partial charge in [0.25, 0.3) is 5.56 Å². The molecule has 4 aromatic rings. The van der Waals surface area contributed by atoms with Crippen LogP contribution in [0.3, 0.4) is 0 Å². The molecule has 1 amide bonds. The number of aromatic nitrogens is 3. The highest BCUT2D eigenvalue weighted by atomic mass is 19.1. The van der Waals surface area contributed by atoms with Crippen LogP contribution < -0.4 is 10.9 Å². The minimum absolute atomic E-state index is 0.149. The van der Waals surface area contributed by atoms with E-state index in [0.29, 0.717) is 28.5 Å². The molecular weight excluding hydrogens is 347 g/mol. The second kappa shape index (κ2) is 7.03. The zero-order valence-corrected chi connectivity index (χ0v) is 14.4. The third-order valence-corrected chi connectivity index (χ3v) is 4.45. The number of rotatable bonds is 5. The van der Waals surface area contributed by atoms with Crippen LogP contribution in [0, 0.1) is 5.82 Å². The highest BCUT2D eigenvalue weighted by Crippen LogP contribution is 2.22. The van der Waals surface area contributed by atoms with Crippen molar-refractivity contribution in [1.29, 1.82) is 0 Å². The summed E-state index contributed by atoms with van der Waals surface area (Å²) in [6.07, 6.45) is 1.56. The SMILES string of the molecule is O=C(CCn1cnc2c([nH]c3ccc(F)cc32)c1=O)NCc1ccccc1. The number of halogens is 1.